The van der Waals surface area contributed by atoms with E-state index in [9.17, 15) is 18.4 Å². The van der Waals surface area contributed by atoms with Gasteiger partial charge in [-0.15, -0.1) is 0 Å². The second-order valence-electron chi connectivity index (χ2n) is 4.81. The number of carbonyl (C=O) groups is 2. The highest BCUT2D eigenvalue weighted by atomic mass is 19.3. The van der Waals surface area contributed by atoms with Crippen LogP contribution in [0.1, 0.15) is 18.4 Å². The Morgan fingerprint density at radius 2 is 2.10 bits per heavy atom. The molecule has 0 bridgehead atoms. The Balaban J connectivity index is 1.80. The third-order valence-corrected chi connectivity index (χ3v) is 3.14. The summed E-state index contributed by atoms with van der Waals surface area (Å²) in [6.07, 6.45) is 1.18. The Morgan fingerprint density at radius 3 is 2.67 bits per heavy atom. The summed E-state index contributed by atoms with van der Waals surface area (Å²) in [6.45, 7) is -2.42. The Hall–Kier alpha value is -2.18. The van der Waals surface area contributed by atoms with Crippen LogP contribution in [0.5, 0.6) is 5.75 Å². The summed E-state index contributed by atoms with van der Waals surface area (Å²) in [5.41, 5.74) is 0.703. The van der Waals surface area contributed by atoms with Crippen LogP contribution < -0.4 is 15.4 Å². The molecule has 0 radical (unpaired) electrons. The number of alkyl halides is 2. The highest BCUT2D eigenvalue weighted by molar-refractivity contribution is 5.80. The number of carbonyl (C=O) groups excluding carboxylic acids is 2. The molecule has 1 aromatic rings. The lowest BCUT2D eigenvalue weighted by Crippen LogP contribution is -2.48. The monoisotopic (exact) mass is 298 g/mol. The Kier molecular flexibility index (Phi) is 5.08. The summed E-state index contributed by atoms with van der Waals surface area (Å²) in [5, 5.41) is 5.52. The normalized spacial score (nSPS) is 18.2. The molecule has 0 spiro atoms. The highest BCUT2D eigenvalue weighted by Crippen LogP contribution is 2.15. The molecule has 0 aliphatic carbocycles. The van der Waals surface area contributed by atoms with Gasteiger partial charge in [-0.05, 0) is 24.1 Å². The molecule has 1 aromatic carbocycles. The van der Waals surface area contributed by atoms with E-state index in [0.717, 1.165) is 0 Å². The Morgan fingerprint density at radius 1 is 1.38 bits per heavy atom. The molecule has 0 aromatic heterocycles. The van der Waals surface area contributed by atoms with E-state index in [1.807, 2.05) is 0 Å². The van der Waals surface area contributed by atoms with Crippen LogP contribution in [0, 0.1) is 0 Å². The molecule has 1 heterocycles. The van der Waals surface area contributed by atoms with E-state index >= 15 is 0 Å². The largest absolute Gasteiger partial charge is 0.435 e. The van der Waals surface area contributed by atoms with Gasteiger partial charge in [-0.25, -0.2) is 0 Å². The second kappa shape index (κ2) is 7.01. The van der Waals surface area contributed by atoms with Crippen LogP contribution in [0.15, 0.2) is 24.3 Å². The van der Waals surface area contributed by atoms with Gasteiger partial charge < -0.3 is 15.4 Å². The minimum Gasteiger partial charge on any atom is -0.435 e. The van der Waals surface area contributed by atoms with E-state index in [2.05, 4.69) is 15.4 Å². The predicted molar refractivity (Wildman–Crippen MR) is 71.0 cm³/mol. The SMILES string of the molecule is O=C1CCC(NC(=O)Cc2ccc(OC(F)F)cc2)CN1. The molecule has 5 nitrogen and oxygen atoms in total. The number of ether oxygens (including phenoxy) is 1. The molecule has 1 fully saturated rings. The standard InChI is InChI=1S/C14H16F2N2O3/c15-14(16)21-11-4-1-9(2-5-11)7-13(20)18-10-3-6-12(19)17-8-10/h1-2,4-5,10,14H,3,6-8H2,(H,17,19)(H,18,20). The number of nitrogens with one attached hydrogen (secondary N) is 2. The van der Waals surface area contributed by atoms with Gasteiger partial charge in [0.25, 0.3) is 0 Å². The lowest BCUT2D eigenvalue weighted by molar-refractivity contribution is -0.125. The number of piperidine rings is 1. The molecule has 1 aliphatic rings. The zero-order valence-electron chi connectivity index (χ0n) is 11.3. The fourth-order valence-corrected chi connectivity index (χ4v) is 2.11. The fraction of sp³-hybridized carbons (Fsp3) is 0.429. The van der Waals surface area contributed by atoms with Gasteiger partial charge in [0, 0.05) is 19.0 Å². The Labute approximate surface area is 120 Å². The van der Waals surface area contributed by atoms with Crippen molar-refractivity contribution in [2.75, 3.05) is 6.54 Å². The lowest BCUT2D eigenvalue weighted by Gasteiger charge is -2.23. The van der Waals surface area contributed by atoms with Gasteiger partial charge in [0.15, 0.2) is 0 Å². The number of benzene rings is 1. The smallest absolute Gasteiger partial charge is 0.387 e. The van der Waals surface area contributed by atoms with Gasteiger partial charge in [0.2, 0.25) is 11.8 Å². The van der Waals surface area contributed by atoms with Crippen LogP contribution in [0.4, 0.5) is 8.78 Å². The third kappa shape index (κ3) is 5.02. The molecule has 0 saturated carbocycles. The van der Waals surface area contributed by atoms with Gasteiger partial charge in [-0.1, -0.05) is 12.1 Å². The molecule has 21 heavy (non-hydrogen) atoms. The van der Waals surface area contributed by atoms with E-state index in [-0.39, 0.29) is 30.0 Å². The van der Waals surface area contributed by atoms with E-state index in [1.165, 1.54) is 12.1 Å². The molecular formula is C14H16F2N2O3. The van der Waals surface area contributed by atoms with Crippen LogP contribution in [0.2, 0.25) is 0 Å². The summed E-state index contributed by atoms with van der Waals surface area (Å²) in [6, 6.07) is 5.88. The van der Waals surface area contributed by atoms with Gasteiger partial charge in [0.05, 0.1) is 6.42 Å². The van der Waals surface area contributed by atoms with Crippen molar-refractivity contribution >= 4 is 11.8 Å². The quantitative estimate of drug-likeness (QED) is 0.859. The molecule has 1 atom stereocenters. The highest BCUT2D eigenvalue weighted by Gasteiger charge is 2.19. The van der Waals surface area contributed by atoms with Gasteiger partial charge in [-0.3, -0.25) is 9.59 Å². The van der Waals surface area contributed by atoms with Crippen molar-refractivity contribution < 1.29 is 23.1 Å². The van der Waals surface area contributed by atoms with Crippen LogP contribution in [-0.2, 0) is 16.0 Å². The van der Waals surface area contributed by atoms with E-state index in [0.29, 0.717) is 24.9 Å². The first-order valence-corrected chi connectivity index (χ1v) is 6.63. The zero-order chi connectivity index (χ0) is 15.2. The van der Waals surface area contributed by atoms with Crippen molar-refractivity contribution in [1.82, 2.24) is 10.6 Å². The molecule has 2 N–H and O–H groups in total. The van der Waals surface area contributed by atoms with Gasteiger partial charge in [-0.2, -0.15) is 8.78 Å². The summed E-state index contributed by atoms with van der Waals surface area (Å²) < 4.78 is 28.2. The first kappa shape index (κ1) is 15.2. The average Bonchev–Trinajstić information content (AvgIpc) is 2.43. The zero-order valence-corrected chi connectivity index (χ0v) is 11.3. The van der Waals surface area contributed by atoms with Gasteiger partial charge in [0.1, 0.15) is 5.75 Å². The number of hydrogen-bond acceptors (Lipinski definition) is 3. The van der Waals surface area contributed by atoms with Crippen LogP contribution >= 0.6 is 0 Å². The van der Waals surface area contributed by atoms with Crippen molar-refractivity contribution in [2.45, 2.75) is 31.9 Å². The van der Waals surface area contributed by atoms with Crippen LogP contribution in [0.3, 0.4) is 0 Å². The number of halogens is 2. The van der Waals surface area contributed by atoms with E-state index in [1.54, 1.807) is 12.1 Å². The maximum Gasteiger partial charge on any atom is 0.387 e. The molecule has 2 rings (SSSR count). The Bertz CT molecular complexity index is 495. The summed E-state index contributed by atoms with van der Waals surface area (Å²) in [4.78, 5) is 22.9. The number of rotatable bonds is 5. The maximum atomic E-state index is 12.0. The van der Waals surface area contributed by atoms with Crippen molar-refractivity contribution in [3.8, 4) is 5.75 Å². The van der Waals surface area contributed by atoms with Crippen molar-refractivity contribution in [1.29, 1.82) is 0 Å². The number of amides is 2. The fourth-order valence-electron chi connectivity index (χ4n) is 2.11. The van der Waals surface area contributed by atoms with Crippen LogP contribution in [0.25, 0.3) is 0 Å². The summed E-state index contributed by atoms with van der Waals surface area (Å²) in [5.74, 6) is -0.113. The molecule has 1 saturated heterocycles. The summed E-state index contributed by atoms with van der Waals surface area (Å²) >= 11 is 0. The van der Waals surface area contributed by atoms with Crippen molar-refractivity contribution in [3.63, 3.8) is 0 Å². The number of hydrogen-bond donors (Lipinski definition) is 2. The van der Waals surface area contributed by atoms with Crippen molar-refractivity contribution in [3.05, 3.63) is 29.8 Å². The molecular weight excluding hydrogens is 282 g/mol. The van der Waals surface area contributed by atoms with E-state index < -0.39 is 6.61 Å². The molecule has 114 valence electrons. The molecule has 1 unspecified atom stereocenters. The average molecular weight is 298 g/mol. The topological polar surface area (TPSA) is 67.4 Å². The molecule has 2 amide bonds. The first-order valence-electron chi connectivity index (χ1n) is 6.63. The van der Waals surface area contributed by atoms with Crippen molar-refractivity contribution in [2.24, 2.45) is 0 Å². The minimum atomic E-state index is -2.86. The van der Waals surface area contributed by atoms with E-state index in [4.69, 9.17) is 0 Å². The lowest BCUT2D eigenvalue weighted by atomic mass is 10.1. The predicted octanol–water partition coefficient (Wildman–Crippen LogP) is 1.23. The van der Waals surface area contributed by atoms with Gasteiger partial charge >= 0.3 is 6.61 Å². The maximum absolute atomic E-state index is 12.0. The molecule has 7 heteroatoms. The first-order chi connectivity index (χ1) is 10.0. The third-order valence-electron chi connectivity index (χ3n) is 3.14. The molecule has 1 aliphatic heterocycles. The summed E-state index contributed by atoms with van der Waals surface area (Å²) in [7, 11) is 0. The van der Waals surface area contributed by atoms with Crippen LogP contribution in [-0.4, -0.2) is 31.0 Å². The second-order valence-corrected chi connectivity index (χ2v) is 4.81. The minimum absolute atomic E-state index is 0.00452.